The van der Waals surface area contributed by atoms with Gasteiger partial charge in [-0.1, -0.05) is 40.2 Å². The average molecular weight is 356 g/mol. The van der Waals surface area contributed by atoms with Crippen molar-refractivity contribution in [3.8, 4) is 0 Å². The van der Waals surface area contributed by atoms with E-state index in [0.29, 0.717) is 9.86 Å². The van der Waals surface area contributed by atoms with E-state index >= 15 is 0 Å². The number of aromatic nitrogens is 1. The van der Waals surface area contributed by atoms with Crippen LogP contribution in [0.5, 0.6) is 0 Å². The number of pyridine rings is 1. The summed E-state index contributed by atoms with van der Waals surface area (Å²) in [7, 11) is 0. The first kappa shape index (κ1) is 14.1. The summed E-state index contributed by atoms with van der Waals surface area (Å²) in [6.07, 6.45) is -4.59. The van der Waals surface area contributed by atoms with E-state index in [1.54, 1.807) is 30.3 Å². The summed E-state index contributed by atoms with van der Waals surface area (Å²) in [5.41, 5.74) is -1.72. The first-order valence-electron chi connectivity index (χ1n) is 6.11. The highest BCUT2D eigenvalue weighted by atomic mass is 79.9. The Morgan fingerprint density at radius 2 is 1.71 bits per heavy atom. The van der Waals surface area contributed by atoms with E-state index in [1.807, 2.05) is 0 Å². The van der Waals surface area contributed by atoms with Crippen LogP contribution in [0.4, 0.5) is 13.2 Å². The minimum atomic E-state index is -4.59. The molecule has 2 aromatic carbocycles. The van der Waals surface area contributed by atoms with Crippen molar-refractivity contribution in [2.75, 3.05) is 0 Å². The third-order valence-corrected chi connectivity index (χ3v) is 4.14. The molecule has 0 spiro atoms. The fourth-order valence-corrected chi connectivity index (χ4v) is 3.04. The highest BCUT2D eigenvalue weighted by Crippen LogP contribution is 2.34. The van der Waals surface area contributed by atoms with Crippen molar-refractivity contribution < 1.29 is 13.2 Å². The zero-order valence-electron chi connectivity index (χ0n) is 10.8. The van der Waals surface area contributed by atoms with Crippen molar-refractivity contribution in [2.24, 2.45) is 0 Å². The molecule has 0 aliphatic heterocycles. The van der Waals surface area contributed by atoms with Crippen molar-refractivity contribution >= 4 is 37.6 Å². The predicted octanol–water partition coefficient (Wildman–Crippen LogP) is 4.77. The molecule has 0 unspecified atom stereocenters. The van der Waals surface area contributed by atoms with E-state index in [2.05, 4.69) is 20.9 Å². The van der Waals surface area contributed by atoms with Crippen molar-refractivity contribution in [3.63, 3.8) is 0 Å². The molecule has 6 heteroatoms. The lowest BCUT2D eigenvalue weighted by atomic mass is 10.0. The maximum atomic E-state index is 13.1. The monoisotopic (exact) mass is 355 g/mol. The molecular formula is C15H9BrF3NO. The molecule has 1 heterocycles. The molecule has 108 valence electrons. The Labute approximate surface area is 125 Å². The number of H-pyrrole nitrogens is 1. The van der Waals surface area contributed by atoms with Crippen LogP contribution in [0.15, 0.2) is 39.6 Å². The highest BCUT2D eigenvalue weighted by molar-refractivity contribution is 9.10. The van der Waals surface area contributed by atoms with Gasteiger partial charge in [-0.3, -0.25) is 4.79 Å². The number of benzene rings is 2. The summed E-state index contributed by atoms with van der Waals surface area (Å²) in [5, 5.41) is 1.56. The standard InChI is InChI=1S/C15H9BrF3NO/c1-7-13(21)10-6-11(16)8-4-2-3-5-9(8)12(10)20-14(7)15(17,18)19/h2-6H,1H3,(H,20,21). The first-order valence-corrected chi connectivity index (χ1v) is 6.91. The van der Waals surface area contributed by atoms with Gasteiger partial charge in [0, 0.05) is 20.8 Å². The second-order valence-corrected chi connectivity index (χ2v) is 5.63. The fraction of sp³-hybridized carbons (Fsp3) is 0.133. The Balaban J connectivity index is 2.60. The van der Waals surface area contributed by atoms with Crippen LogP contribution in [-0.2, 0) is 6.18 Å². The lowest BCUT2D eigenvalue weighted by Crippen LogP contribution is -2.19. The maximum Gasteiger partial charge on any atom is 0.431 e. The number of halogens is 4. The predicted molar refractivity (Wildman–Crippen MR) is 79.5 cm³/mol. The van der Waals surface area contributed by atoms with Gasteiger partial charge in [0.25, 0.3) is 0 Å². The fourth-order valence-electron chi connectivity index (χ4n) is 2.46. The van der Waals surface area contributed by atoms with Crippen molar-refractivity contribution in [1.82, 2.24) is 4.98 Å². The molecule has 0 atom stereocenters. The van der Waals surface area contributed by atoms with Gasteiger partial charge in [-0.05, 0) is 18.4 Å². The molecule has 0 aliphatic rings. The normalized spacial score (nSPS) is 12.2. The smallest absolute Gasteiger partial charge is 0.350 e. The number of rotatable bonds is 0. The van der Waals surface area contributed by atoms with Crippen LogP contribution in [0, 0.1) is 6.92 Å². The van der Waals surface area contributed by atoms with Gasteiger partial charge in [0.1, 0.15) is 5.69 Å². The van der Waals surface area contributed by atoms with E-state index in [-0.39, 0.29) is 16.5 Å². The third-order valence-electron chi connectivity index (χ3n) is 3.49. The molecule has 1 aromatic heterocycles. The van der Waals surface area contributed by atoms with Gasteiger partial charge in [0.15, 0.2) is 5.43 Å². The second-order valence-electron chi connectivity index (χ2n) is 4.78. The van der Waals surface area contributed by atoms with E-state index in [0.717, 1.165) is 5.39 Å². The van der Waals surface area contributed by atoms with Gasteiger partial charge in [-0.15, -0.1) is 0 Å². The van der Waals surface area contributed by atoms with E-state index < -0.39 is 17.3 Å². The lowest BCUT2D eigenvalue weighted by molar-refractivity contribution is -0.141. The zero-order chi connectivity index (χ0) is 15.4. The van der Waals surface area contributed by atoms with Crippen molar-refractivity contribution in [3.05, 3.63) is 56.3 Å². The van der Waals surface area contributed by atoms with E-state index in [9.17, 15) is 18.0 Å². The maximum absolute atomic E-state index is 13.1. The Kier molecular flexibility index (Phi) is 3.09. The Hall–Kier alpha value is -1.82. The molecule has 0 saturated carbocycles. The number of aromatic amines is 1. The van der Waals surface area contributed by atoms with E-state index in [4.69, 9.17) is 0 Å². The summed E-state index contributed by atoms with van der Waals surface area (Å²) < 4.78 is 39.8. The van der Waals surface area contributed by atoms with E-state index in [1.165, 1.54) is 6.92 Å². The van der Waals surface area contributed by atoms with Crippen molar-refractivity contribution in [1.29, 1.82) is 0 Å². The van der Waals surface area contributed by atoms with Crippen LogP contribution in [0.3, 0.4) is 0 Å². The number of hydrogen-bond donors (Lipinski definition) is 1. The van der Waals surface area contributed by atoms with Crippen LogP contribution >= 0.6 is 15.9 Å². The van der Waals surface area contributed by atoms with Crippen LogP contribution in [0.25, 0.3) is 21.7 Å². The molecule has 0 saturated heterocycles. The largest absolute Gasteiger partial charge is 0.431 e. The molecule has 0 aliphatic carbocycles. The van der Waals surface area contributed by atoms with Gasteiger partial charge in [-0.25, -0.2) is 0 Å². The van der Waals surface area contributed by atoms with Crippen molar-refractivity contribution in [2.45, 2.75) is 13.1 Å². The summed E-state index contributed by atoms with van der Waals surface area (Å²) in [4.78, 5) is 14.7. The van der Waals surface area contributed by atoms with Crippen LogP contribution < -0.4 is 5.43 Å². The molecule has 2 nitrogen and oxygen atoms in total. The number of hydrogen-bond acceptors (Lipinski definition) is 1. The minimum Gasteiger partial charge on any atom is -0.350 e. The van der Waals surface area contributed by atoms with Gasteiger partial charge in [0.05, 0.1) is 5.52 Å². The molecule has 1 N–H and O–H groups in total. The molecular weight excluding hydrogens is 347 g/mol. The summed E-state index contributed by atoms with van der Waals surface area (Å²) in [5.74, 6) is 0. The highest BCUT2D eigenvalue weighted by Gasteiger charge is 2.35. The Morgan fingerprint density at radius 1 is 1.10 bits per heavy atom. The molecule has 0 amide bonds. The Morgan fingerprint density at radius 3 is 2.33 bits per heavy atom. The summed E-state index contributed by atoms with van der Waals surface area (Å²) >= 11 is 3.36. The van der Waals surface area contributed by atoms with Gasteiger partial charge in [0.2, 0.25) is 0 Å². The SMILES string of the molecule is Cc1c(C(F)(F)F)[nH]c2c(cc(Br)c3ccccc32)c1=O. The Bertz CT molecular complexity index is 928. The molecule has 0 fully saturated rings. The van der Waals surface area contributed by atoms with Gasteiger partial charge in [-0.2, -0.15) is 13.2 Å². The summed E-state index contributed by atoms with van der Waals surface area (Å²) in [6, 6.07) is 8.54. The molecule has 21 heavy (non-hydrogen) atoms. The number of nitrogens with one attached hydrogen (secondary N) is 1. The van der Waals surface area contributed by atoms with Gasteiger partial charge < -0.3 is 4.98 Å². The number of alkyl halides is 3. The van der Waals surface area contributed by atoms with Crippen LogP contribution in [0.2, 0.25) is 0 Å². The quantitative estimate of drug-likeness (QED) is 0.579. The lowest BCUT2D eigenvalue weighted by Gasteiger charge is -2.13. The average Bonchev–Trinajstić information content (AvgIpc) is 2.42. The third kappa shape index (κ3) is 2.14. The molecule has 3 aromatic rings. The topological polar surface area (TPSA) is 32.9 Å². The molecule has 3 rings (SSSR count). The zero-order valence-corrected chi connectivity index (χ0v) is 12.4. The number of fused-ring (bicyclic) bond motifs is 3. The van der Waals surface area contributed by atoms with Gasteiger partial charge >= 0.3 is 6.18 Å². The molecule has 0 radical (unpaired) electrons. The minimum absolute atomic E-state index is 0.205. The van der Waals surface area contributed by atoms with Crippen LogP contribution in [0.1, 0.15) is 11.3 Å². The summed E-state index contributed by atoms with van der Waals surface area (Å²) in [6.45, 7) is 1.18. The van der Waals surface area contributed by atoms with Crippen LogP contribution in [-0.4, -0.2) is 4.98 Å². The molecule has 0 bridgehead atoms. The second kappa shape index (κ2) is 4.59. The first-order chi connectivity index (χ1) is 9.80.